The van der Waals surface area contributed by atoms with Crippen LogP contribution in [0, 0.1) is 11.3 Å². The molecule has 0 radical (unpaired) electrons. The van der Waals surface area contributed by atoms with E-state index in [0.29, 0.717) is 11.3 Å². The molecule has 0 spiro atoms. The van der Waals surface area contributed by atoms with Gasteiger partial charge in [0.2, 0.25) is 0 Å². The van der Waals surface area contributed by atoms with Crippen LogP contribution < -0.4 is 49.6 Å². The van der Waals surface area contributed by atoms with E-state index in [1.165, 1.54) is 6.07 Å². The van der Waals surface area contributed by atoms with Crippen LogP contribution in [0.1, 0.15) is 5.56 Å². The predicted octanol–water partition coefficient (Wildman–Crippen LogP) is -1.70. The first-order chi connectivity index (χ1) is 14.6. The van der Waals surface area contributed by atoms with Crippen LogP contribution in [-0.2, 0) is 0 Å². The molecular weight excluding hydrogens is 413 g/mol. The number of nitrogens with zero attached hydrogens (tertiary/aromatic N) is 5. The van der Waals surface area contributed by atoms with E-state index in [2.05, 4.69) is 20.6 Å². The summed E-state index contributed by atoms with van der Waals surface area (Å²) < 4.78 is 16.8. The molecule has 0 aliphatic heterocycles. The Balaban J connectivity index is 0.00000272. The second kappa shape index (κ2) is 10.2. The molecule has 0 aliphatic rings. The molecule has 31 heavy (non-hydrogen) atoms. The standard InChI is InChI=1S/C20H15N5O5.Na/c21-9-12-4-6-14(7-5-12)28-10-13(26)11-29-16-2-1-3-17-19(16)15(27)8-18(30-17)20-22-24-25-23-20;/h1-8,13,26H,10-11H2,(H,22,23,24,25,27);/q;+1/p-1/t13-;/m0./s1. The van der Waals surface area contributed by atoms with Gasteiger partial charge >= 0.3 is 29.6 Å². The van der Waals surface area contributed by atoms with Gasteiger partial charge in [0.1, 0.15) is 47.5 Å². The molecule has 2 aromatic carbocycles. The summed E-state index contributed by atoms with van der Waals surface area (Å²) in [6.45, 7) is -0.125. The molecule has 10 nitrogen and oxygen atoms in total. The third kappa shape index (κ3) is 5.28. The number of ether oxygens (including phenoxy) is 2. The van der Waals surface area contributed by atoms with Gasteiger partial charge in [-0.05, 0) is 36.4 Å². The molecule has 1 atom stereocenters. The minimum absolute atomic E-state index is 0. The van der Waals surface area contributed by atoms with E-state index in [-0.39, 0.29) is 76.5 Å². The molecule has 4 aromatic rings. The Hall–Kier alpha value is -3.23. The molecule has 0 saturated heterocycles. The van der Waals surface area contributed by atoms with Gasteiger partial charge in [0.05, 0.1) is 17.5 Å². The number of tetrazole rings is 1. The maximum absolute atomic E-state index is 12.6. The normalized spacial score (nSPS) is 11.4. The fraction of sp³-hybridized carbons (Fsp3) is 0.150. The average molecular weight is 427 g/mol. The second-order valence-electron chi connectivity index (χ2n) is 6.22. The Bertz CT molecular complexity index is 1250. The van der Waals surface area contributed by atoms with Crippen LogP contribution in [-0.4, -0.2) is 39.9 Å². The van der Waals surface area contributed by atoms with Gasteiger partial charge in [-0.15, -0.1) is 0 Å². The van der Waals surface area contributed by atoms with Crippen LogP contribution in [0.15, 0.2) is 57.7 Å². The zero-order chi connectivity index (χ0) is 20.9. The van der Waals surface area contributed by atoms with E-state index in [0.717, 1.165) is 0 Å². The summed E-state index contributed by atoms with van der Waals surface area (Å²) in [4.78, 5) is 12.6. The van der Waals surface area contributed by atoms with Gasteiger partial charge in [-0.2, -0.15) is 10.5 Å². The molecule has 11 heteroatoms. The Morgan fingerprint density at radius 2 is 1.94 bits per heavy atom. The number of rotatable bonds is 7. The number of aliphatic hydroxyl groups is 1. The Morgan fingerprint density at radius 1 is 1.16 bits per heavy atom. The van der Waals surface area contributed by atoms with Crippen molar-refractivity contribution in [3.05, 3.63) is 64.3 Å². The first kappa shape index (κ1) is 22.5. The van der Waals surface area contributed by atoms with Crippen molar-refractivity contribution in [1.29, 1.82) is 5.26 Å². The van der Waals surface area contributed by atoms with Crippen LogP contribution in [0.25, 0.3) is 22.6 Å². The third-order valence-electron chi connectivity index (χ3n) is 4.11. The van der Waals surface area contributed by atoms with Gasteiger partial charge in [0.25, 0.3) is 0 Å². The smallest absolute Gasteiger partial charge is 0.491 e. The number of aromatic nitrogens is 4. The minimum atomic E-state index is -0.947. The Kier molecular flexibility index (Phi) is 7.38. The molecule has 2 heterocycles. The zero-order valence-electron chi connectivity index (χ0n) is 16.4. The molecule has 0 amide bonds. The van der Waals surface area contributed by atoms with E-state index in [4.69, 9.17) is 19.2 Å². The first-order valence-corrected chi connectivity index (χ1v) is 8.84. The fourth-order valence-corrected chi connectivity index (χ4v) is 2.70. The molecule has 0 fully saturated rings. The SMILES string of the molecule is N#Cc1ccc(OC[C@H](O)COc2cccc3oc(-c4nnn[n-]4)cc(=O)c23)cc1.[Na+]. The van der Waals surface area contributed by atoms with Crippen LogP contribution in [0.3, 0.4) is 0 Å². The monoisotopic (exact) mass is 427 g/mol. The van der Waals surface area contributed by atoms with Gasteiger partial charge in [-0.3, -0.25) is 15.1 Å². The number of aliphatic hydroxyl groups excluding tert-OH is 1. The fourth-order valence-electron chi connectivity index (χ4n) is 2.70. The van der Waals surface area contributed by atoms with Gasteiger partial charge in [-0.1, -0.05) is 6.07 Å². The summed E-state index contributed by atoms with van der Waals surface area (Å²) in [6, 6.07) is 14.6. The Labute approximate surface area is 197 Å². The number of nitriles is 1. The van der Waals surface area contributed by atoms with Crippen molar-refractivity contribution in [2.75, 3.05) is 13.2 Å². The number of fused-ring (bicyclic) bond motifs is 1. The van der Waals surface area contributed by atoms with Crippen LogP contribution in [0.4, 0.5) is 0 Å². The van der Waals surface area contributed by atoms with Gasteiger partial charge < -0.3 is 24.1 Å². The summed E-state index contributed by atoms with van der Waals surface area (Å²) in [5, 5.41) is 33.3. The van der Waals surface area contributed by atoms with Crippen LogP contribution in [0.2, 0.25) is 0 Å². The van der Waals surface area contributed by atoms with Gasteiger partial charge in [0.15, 0.2) is 5.43 Å². The van der Waals surface area contributed by atoms with Crippen molar-refractivity contribution in [3.8, 4) is 29.2 Å². The van der Waals surface area contributed by atoms with Crippen molar-refractivity contribution in [2.45, 2.75) is 6.10 Å². The molecule has 0 bridgehead atoms. The second-order valence-corrected chi connectivity index (χ2v) is 6.22. The van der Waals surface area contributed by atoms with E-state index in [1.807, 2.05) is 6.07 Å². The molecule has 0 aliphatic carbocycles. The average Bonchev–Trinajstić information content (AvgIpc) is 3.31. The molecule has 150 valence electrons. The van der Waals surface area contributed by atoms with E-state index in [1.54, 1.807) is 42.5 Å². The van der Waals surface area contributed by atoms with Crippen molar-refractivity contribution < 1.29 is 48.6 Å². The molecule has 1 N–H and O–H groups in total. The van der Waals surface area contributed by atoms with Crippen molar-refractivity contribution in [3.63, 3.8) is 0 Å². The largest absolute Gasteiger partial charge is 1.00 e. The van der Waals surface area contributed by atoms with Crippen LogP contribution >= 0.6 is 0 Å². The number of hydrogen-bond acceptors (Lipinski definition) is 9. The topological polar surface area (TPSA) is 145 Å². The van der Waals surface area contributed by atoms with E-state index < -0.39 is 6.10 Å². The zero-order valence-corrected chi connectivity index (χ0v) is 18.4. The van der Waals surface area contributed by atoms with Gasteiger partial charge in [0, 0.05) is 6.07 Å². The summed E-state index contributed by atoms with van der Waals surface area (Å²) in [5.41, 5.74) is 0.444. The summed E-state index contributed by atoms with van der Waals surface area (Å²) >= 11 is 0. The molecule has 2 aromatic heterocycles. The van der Waals surface area contributed by atoms with Crippen molar-refractivity contribution in [2.24, 2.45) is 0 Å². The number of hydrogen-bond donors (Lipinski definition) is 1. The van der Waals surface area contributed by atoms with Crippen molar-refractivity contribution >= 4 is 11.0 Å². The van der Waals surface area contributed by atoms with Gasteiger partial charge in [-0.25, -0.2) is 0 Å². The predicted molar refractivity (Wildman–Crippen MR) is 103 cm³/mol. The number of benzene rings is 2. The maximum Gasteiger partial charge on any atom is 1.00 e. The molecule has 4 rings (SSSR count). The first-order valence-electron chi connectivity index (χ1n) is 8.84. The summed E-state index contributed by atoms with van der Waals surface area (Å²) in [7, 11) is 0. The molecule has 0 unspecified atom stereocenters. The maximum atomic E-state index is 12.6. The quantitative estimate of drug-likeness (QED) is 0.339. The third-order valence-corrected chi connectivity index (χ3v) is 4.11. The summed E-state index contributed by atoms with van der Waals surface area (Å²) in [6.07, 6.45) is -0.947. The van der Waals surface area contributed by atoms with E-state index >= 15 is 0 Å². The van der Waals surface area contributed by atoms with Crippen molar-refractivity contribution in [1.82, 2.24) is 20.6 Å². The van der Waals surface area contributed by atoms with E-state index in [9.17, 15) is 9.90 Å². The summed E-state index contributed by atoms with van der Waals surface area (Å²) in [5.74, 6) is 1.04. The van der Waals surface area contributed by atoms with Crippen LogP contribution in [0.5, 0.6) is 11.5 Å². The minimum Gasteiger partial charge on any atom is -0.491 e. The molecular formula is C20H14N5NaO5. The Morgan fingerprint density at radius 3 is 2.65 bits per heavy atom. The molecule has 0 saturated carbocycles.